The second-order valence-corrected chi connectivity index (χ2v) is 9.04. The van der Waals surface area contributed by atoms with Crippen molar-refractivity contribution in [3.8, 4) is 11.4 Å². The van der Waals surface area contributed by atoms with E-state index in [4.69, 9.17) is 4.74 Å². The molecule has 1 N–H and O–H groups in total. The number of rotatable bonds is 6. The molecular formula is C27H27N7O2. The number of likely N-dealkylation sites (tertiary alicyclic amines) is 1. The fraction of sp³-hybridized carbons (Fsp3) is 0.259. The Hall–Kier alpha value is -4.24. The number of nitrogens with one attached hydrogen (secondary N) is 1. The molecule has 3 aromatic carbocycles. The number of fused-ring (bicyclic) bond motifs is 1. The summed E-state index contributed by atoms with van der Waals surface area (Å²) >= 11 is 0. The smallest absolute Gasteiger partial charge is 0.326 e. The topological polar surface area (TPSA) is 93.9 Å². The van der Waals surface area contributed by atoms with Gasteiger partial charge in [0.1, 0.15) is 5.75 Å². The van der Waals surface area contributed by atoms with Crippen LogP contribution in [0.3, 0.4) is 0 Å². The molecule has 0 radical (unpaired) electrons. The Bertz CT molecular complexity index is 1510. The molecule has 6 rings (SSSR count). The van der Waals surface area contributed by atoms with Gasteiger partial charge < -0.3 is 9.72 Å². The Morgan fingerprint density at radius 3 is 2.42 bits per heavy atom. The highest BCUT2D eigenvalue weighted by Gasteiger charge is 2.32. The molecule has 0 bridgehead atoms. The Morgan fingerprint density at radius 2 is 1.67 bits per heavy atom. The van der Waals surface area contributed by atoms with Gasteiger partial charge in [-0.2, -0.15) is 4.68 Å². The average Bonchev–Trinajstić information content (AvgIpc) is 3.54. The Morgan fingerprint density at radius 1 is 0.944 bits per heavy atom. The lowest BCUT2D eigenvalue weighted by molar-refractivity contribution is 0.148. The molecule has 0 saturated carbocycles. The van der Waals surface area contributed by atoms with E-state index in [-0.39, 0.29) is 17.8 Å². The first-order chi connectivity index (χ1) is 17.7. The van der Waals surface area contributed by atoms with Gasteiger partial charge in [0.15, 0.2) is 5.82 Å². The molecule has 1 aliphatic heterocycles. The lowest BCUT2D eigenvalue weighted by Crippen LogP contribution is -2.40. The lowest BCUT2D eigenvalue weighted by atomic mass is 9.98. The molecule has 1 aliphatic rings. The largest absolute Gasteiger partial charge is 0.497 e. The van der Waals surface area contributed by atoms with E-state index in [1.807, 2.05) is 71.3 Å². The van der Waals surface area contributed by atoms with Crippen LogP contribution in [-0.4, -0.2) is 54.9 Å². The summed E-state index contributed by atoms with van der Waals surface area (Å²) in [5.41, 5.74) is 3.80. The van der Waals surface area contributed by atoms with Gasteiger partial charge in [-0.25, -0.2) is 4.79 Å². The van der Waals surface area contributed by atoms with Crippen LogP contribution < -0.4 is 10.4 Å². The zero-order valence-corrected chi connectivity index (χ0v) is 20.0. The van der Waals surface area contributed by atoms with E-state index in [0.29, 0.717) is 0 Å². The van der Waals surface area contributed by atoms with Gasteiger partial charge in [-0.05, 0) is 65.2 Å². The molecule has 3 heterocycles. The van der Waals surface area contributed by atoms with Crippen LogP contribution in [0.5, 0.6) is 5.75 Å². The monoisotopic (exact) mass is 481 g/mol. The predicted octanol–water partition coefficient (Wildman–Crippen LogP) is 3.74. The number of H-pyrrole nitrogens is 1. The van der Waals surface area contributed by atoms with E-state index >= 15 is 0 Å². The zero-order chi connectivity index (χ0) is 24.5. The molecule has 0 amide bonds. The summed E-state index contributed by atoms with van der Waals surface area (Å²) in [4.78, 5) is 18.2. The molecule has 0 aliphatic carbocycles. The number of ether oxygens (including phenoxy) is 1. The number of tetrazole rings is 1. The summed E-state index contributed by atoms with van der Waals surface area (Å²) in [5, 5.41) is 12.8. The maximum Gasteiger partial charge on any atom is 0.326 e. The van der Waals surface area contributed by atoms with Gasteiger partial charge in [-0.15, -0.1) is 5.10 Å². The first-order valence-corrected chi connectivity index (χ1v) is 12.1. The molecule has 182 valence electrons. The van der Waals surface area contributed by atoms with Gasteiger partial charge >= 0.3 is 5.69 Å². The van der Waals surface area contributed by atoms with E-state index < -0.39 is 0 Å². The first kappa shape index (κ1) is 22.2. The standard InChI is InChI=1S/C27H27N7O2/c1-36-22-13-11-21(12-14-22)34-26(29-30-31-34)25(19-7-3-2-4-8-19)32-17-15-20(16-18-32)33-24-10-6-5-9-23(24)28-27(33)35/h2-14,20,25H,15-18H2,1H3,(H,28,35). The van der Waals surface area contributed by atoms with Crippen LogP contribution in [0, 0.1) is 0 Å². The SMILES string of the molecule is COc1ccc(-n2nnnc2C(c2ccccc2)N2CCC(n3c(=O)[nH]c4ccccc43)CC2)cc1. The molecular weight excluding hydrogens is 454 g/mol. The third kappa shape index (κ3) is 3.97. The van der Waals surface area contributed by atoms with Crippen LogP contribution in [0.1, 0.15) is 36.3 Å². The van der Waals surface area contributed by atoms with E-state index in [1.165, 1.54) is 0 Å². The van der Waals surface area contributed by atoms with Gasteiger partial charge in [-0.3, -0.25) is 9.47 Å². The number of aromatic nitrogens is 6. The van der Waals surface area contributed by atoms with Crippen molar-refractivity contribution in [2.75, 3.05) is 20.2 Å². The second kappa shape index (κ2) is 9.43. The van der Waals surface area contributed by atoms with Crippen molar-refractivity contribution in [3.05, 3.63) is 101 Å². The lowest BCUT2D eigenvalue weighted by Gasteiger charge is -2.37. The predicted molar refractivity (Wildman–Crippen MR) is 136 cm³/mol. The fourth-order valence-corrected chi connectivity index (χ4v) is 5.27. The number of piperidine rings is 1. The van der Waals surface area contributed by atoms with Crippen LogP contribution in [-0.2, 0) is 0 Å². The van der Waals surface area contributed by atoms with Crippen molar-refractivity contribution in [1.29, 1.82) is 0 Å². The third-order valence-electron chi connectivity index (χ3n) is 7.02. The van der Waals surface area contributed by atoms with Crippen molar-refractivity contribution in [2.45, 2.75) is 24.9 Å². The number of methoxy groups -OCH3 is 1. The fourth-order valence-electron chi connectivity index (χ4n) is 5.27. The maximum absolute atomic E-state index is 12.8. The molecule has 1 saturated heterocycles. The quantitative estimate of drug-likeness (QED) is 0.397. The highest BCUT2D eigenvalue weighted by atomic mass is 16.5. The summed E-state index contributed by atoms with van der Waals surface area (Å²) in [6.07, 6.45) is 1.71. The highest BCUT2D eigenvalue weighted by Crippen LogP contribution is 2.34. The second-order valence-electron chi connectivity index (χ2n) is 9.04. The van der Waals surface area contributed by atoms with Crippen molar-refractivity contribution < 1.29 is 4.74 Å². The van der Waals surface area contributed by atoms with Crippen molar-refractivity contribution >= 4 is 11.0 Å². The summed E-state index contributed by atoms with van der Waals surface area (Å²) in [6.45, 7) is 1.62. The van der Waals surface area contributed by atoms with Crippen LogP contribution in [0.2, 0.25) is 0 Å². The number of para-hydroxylation sites is 2. The molecule has 9 heteroatoms. The minimum Gasteiger partial charge on any atom is -0.497 e. The number of nitrogens with zero attached hydrogens (tertiary/aromatic N) is 6. The number of aromatic amines is 1. The minimum absolute atomic E-state index is 0.0438. The molecule has 1 atom stereocenters. The van der Waals surface area contributed by atoms with Gasteiger partial charge in [-0.1, -0.05) is 42.5 Å². The van der Waals surface area contributed by atoms with Gasteiger partial charge in [0.05, 0.1) is 29.9 Å². The number of hydrogen-bond donors (Lipinski definition) is 1. The van der Waals surface area contributed by atoms with Crippen molar-refractivity contribution in [2.24, 2.45) is 0 Å². The third-order valence-corrected chi connectivity index (χ3v) is 7.02. The zero-order valence-electron chi connectivity index (χ0n) is 20.0. The van der Waals surface area contributed by atoms with E-state index in [9.17, 15) is 4.79 Å². The molecule has 9 nitrogen and oxygen atoms in total. The summed E-state index contributed by atoms with van der Waals surface area (Å²) < 4.78 is 9.03. The number of benzene rings is 3. The van der Waals surface area contributed by atoms with E-state index in [0.717, 1.165) is 59.8 Å². The van der Waals surface area contributed by atoms with Crippen molar-refractivity contribution in [3.63, 3.8) is 0 Å². The van der Waals surface area contributed by atoms with Crippen LogP contribution in [0.25, 0.3) is 16.7 Å². The highest BCUT2D eigenvalue weighted by molar-refractivity contribution is 5.75. The molecule has 2 aromatic heterocycles. The number of imidazole rings is 1. The normalized spacial score (nSPS) is 15.8. The first-order valence-electron chi connectivity index (χ1n) is 12.1. The Balaban J connectivity index is 1.32. The van der Waals surface area contributed by atoms with E-state index in [1.54, 1.807) is 11.8 Å². The number of hydrogen-bond acceptors (Lipinski definition) is 6. The summed E-state index contributed by atoms with van der Waals surface area (Å²) in [5.74, 6) is 1.54. The van der Waals surface area contributed by atoms with Gasteiger partial charge in [0.2, 0.25) is 0 Å². The Labute approximate surface area is 207 Å². The molecule has 0 spiro atoms. The maximum atomic E-state index is 12.8. The van der Waals surface area contributed by atoms with Gasteiger partial charge in [0, 0.05) is 19.1 Å². The summed E-state index contributed by atoms with van der Waals surface area (Å²) in [6, 6.07) is 26.0. The molecule has 36 heavy (non-hydrogen) atoms. The summed E-state index contributed by atoms with van der Waals surface area (Å²) in [7, 11) is 1.65. The van der Waals surface area contributed by atoms with Crippen molar-refractivity contribution in [1.82, 2.24) is 34.7 Å². The van der Waals surface area contributed by atoms with Crippen LogP contribution >= 0.6 is 0 Å². The minimum atomic E-state index is -0.121. The van der Waals surface area contributed by atoms with E-state index in [2.05, 4.69) is 37.5 Å². The molecule has 5 aromatic rings. The van der Waals surface area contributed by atoms with Crippen LogP contribution in [0.15, 0.2) is 83.7 Å². The van der Waals surface area contributed by atoms with Crippen LogP contribution in [0.4, 0.5) is 0 Å². The Kier molecular flexibility index (Phi) is 5.82. The molecule has 1 fully saturated rings. The molecule has 1 unspecified atom stereocenters. The van der Waals surface area contributed by atoms with Gasteiger partial charge in [0.25, 0.3) is 0 Å². The average molecular weight is 482 g/mol.